The maximum Gasteiger partial charge on any atom is 0.522 e. The predicted octanol–water partition coefficient (Wildman–Crippen LogP) is 1.84. The van der Waals surface area contributed by atoms with Crippen LogP contribution in [0.4, 0.5) is 13.2 Å². The Morgan fingerprint density at radius 2 is 1.97 bits per heavy atom. The van der Waals surface area contributed by atoms with Crippen LogP contribution < -0.4 is 16.4 Å². The SMILES string of the molecule is CC(C)C[C@@H](C(=O)N[C@@H](C[C@@H]1CCNC1=O)C(=O)COC(F)(F)F)n1c(C(N)=O)nc2ccccc21. The number of carbonyl (C=O) groups excluding carboxylic acids is 4. The smallest absolute Gasteiger partial charge is 0.363 e. The summed E-state index contributed by atoms with van der Waals surface area (Å²) in [5.41, 5.74) is 6.39. The third-order valence-electron chi connectivity index (χ3n) is 5.89. The van der Waals surface area contributed by atoms with Gasteiger partial charge in [0, 0.05) is 12.5 Å². The number of nitrogens with one attached hydrogen (secondary N) is 2. The van der Waals surface area contributed by atoms with E-state index < -0.39 is 48.6 Å². The molecule has 0 spiro atoms. The minimum absolute atomic E-state index is 0.0639. The van der Waals surface area contributed by atoms with Crippen LogP contribution in [0.25, 0.3) is 11.0 Å². The van der Waals surface area contributed by atoms with E-state index in [1.807, 2.05) is 13.8 Å². The van der Waals surface area contributed by atoms with Crippen LogP contribution in [0.3, 0.4) is 0 Å². The molecule has 3 amide bonds. The second-order valence-corrected chi connectivity index (χ2v) is 9.08. The number of amides is 3. The molecule has 1 aromatic heterocycles. The van der Waals surface area contributed by atoms with Crippen LogP contribution in [-0.2, 0) is 19.1 Å². The van der Waals surface area contributed by atoms with Crippen molar-refractivity contribution in [3.63, 3.8) is 0 Å². The van der Waals surface area contributed by atoms with Crippen LogP contribution in [0.5, 0.6) is 0 Å². The second kappa shape index (κ2) is 11.1. The molecule has 10 nitrogen and oxygen atoms in total. The largest absolute Gasteiger partial charge is 0.522 e. The Bertz CT molecular complexity index is 1150. The molecule has 1 aliphatic heterocycles. The van der Waals surface area contributed by atoms with Crippen molar-refractivity contribution in [2.45, 2.75) is 51.6 Å². The molecule has 3 atom stereocenters. The highest BCUT2D eigenvalue weighted by molar-refractivity contribution is 5.96. The highest BCUT2D eigenvalue weighted by Crippen LogP contribution is 2.27. The number of nitrogens with two attached hydrogens (primary N) is 1. The summed E-state index contributed by atoms with van der Waals surface area (Å²) < 4.78 is 42.7. The summed E-state index contributed by atoms with van der Waals surface area (Å²) in [6.07, 6.45) is -4.66. The average molecular weight is 512 g/mol. The maximum absolute atomic E-state index is 13.5. The van der Waals surface area contributed by atoms with Crippen molar-refractivity contribution in [2.24, 2.45) is 17.6 Å². The van der Waals surface area contributed by atoms with Crippen molar-refractivity contribution in [1.82, 2.24) is 20.2 Å². The Morgan fingerprint density at radius 3 is 2.56 bits per heavy atom. The number of para-hydroxylation sites is 2. The fraction of sp³-hybridized carbons (Fsp3) is 0.522. The molecule has 0 saturated carbocycles. The van der Waals surface area contributed by atoms with Gasteiger partial charge in [0.15, 0.2) is 5.78 Å². The quantitative estimate of drug-likeness (QED) is 0.420. The highest BCUT2D eigenvalue weighted by Gasteiger charge is 2.37. The fourth-order valence-electron chi connectivity index (χ4n) is 4.26. The topological polar surface area (TPSA) is 145 Å². The van der Waals surface area contributed by atoms with Gasteiger partial charge in [0.05, 0.1) is 17.1 Å². The van der Waals surface area contributed by atoms with E-state index in [9.17, 15) is 32.3 Å². The monoisotopic (exact) mass is 511 g/mol. The third kappa shape index (κ3) is 6.59. The molecule has 1 aromatic carbocycles. The first kappa shape index (κ1) is 27.1. The van der Waals surface area contributed by atoms with Gasteiger partial charge in [-0.25, -0.2) is 4.98 Å². The molecule has 0 aliphatic carbocycles. The molecule has 13 heteroatoms. The molecule has 2 heterocycles. The van der Waals surface area contributed by atoms with E-state index in [2.05, 4.69) is 20.4 Å². The van der Waals surface area contributed by atoms with Crippen molar-refractivity contribution >= 4 is 34.5 Å². The summed E-state index contributed by atoms with van der Waals surface area (Å²) in [4.78, 5) is 54.7. The predicted molar refractivity (Wildman–Crippen MR) is 121 cm³/mol. The van der Waals surface area contributed by atoms with Gasteiger partial charge >= 0.3 is 6.36 Å². The zero-order valence-corrected chi connectivity index (χ0v) is 19.8. The van der Waals surface area contributed by atoms with Crippen molar-refractivity contribution in [3.05, 3.63) is 30.1 Å². The number of ketones is 1. The number of benzene rings is 1. The lowest BCUT2D eigenvalue weighted by atomic mass is 9.95. The molecule has 0 bridgehead atoms. The van der Waals surface area contributed by atoms with Crippen LogP contribution in [-0.4, -0.2) is 58.6 Å². The number of fused-ring (bicyclic) bond motifs is 1. The number of halogens is 3. The third-order valence-corrected chi connectivity index (χ3v) is 5.89. The summed E-state index contributed by atoms with van der Waals surface area (Å²) in [5.74, 6) is -3.88. The number of ether oxygens (including phenoxy) is 1. The molecular weight excluding hydrogens is 483 g/mol. The van der Waals surface area contributed by atoms with Gasteiger partial charge < -0.3 is 20.9 Å². The Labute approximate surface area is 204 Å². The van der Waals surface area contributed by atoms with E-state index in [0.29, 0.717) is 24.0 Å². The summed E-state index contributed by atoms with van der Waals surface area (Å²) in [6.45, 7) is 2.71. The van der Waals surface area contributed by atoms with Crippen LogP contribution in [0, 0.1) is 11.8 Å². The first-order chi connectivity index (χ1) is 16.9. The van der Waals surface area contributed by atoms with Gasteiger partial charge in [-0.05, 0) is 37.3 Å². The number of Topliss-reactive ketones (excluding diaryl/α,β-unsaturated/α-hetero) is 1. The number of rotatable bonds is 11. The van der Waals surface area contributed by atoms with E-state index in [1.165, 1.54) is 4.57 Å². The van der Waals surface area contributed by atoms with Crippen LogP contribution >= 0.6 is 0 Å². The summed E-state index contributed by atoms with van der Waals surface area (Å²) >= 11 is 0. The molecule has 4 N–H and O–H groups in total. The van der Waals surface area contributed by atoms with Gasteiger partial charge in [-0.15, -0.1) is 13.2 Å². The first-order valence-corrected chi connectivity index (χ1v) is 11.5. The van der Waals surface area contributed by atoms with Crippen LogP contribution in [0.15, 0.2) is 24.3 Å². The zero-order valence-electron chi connectivity index (χ0n) is 19.8. The average Bonchev–Trinajstić information content (AvgIpc) is 3.38. The number of primary amides is 1. The Balaban J connectivity index is 1.95. The lowest BCUT2D eigenvalue weighted by Crippen LogP contribution is -2.47. The lowest BCUT2D eigenvalue weighted by molar-refractivity contribution is -0.321. The zero-order chi connectivity index (χ0) is 26.6. The van der Waals surface area contributed by atoms with Crippen LogP contribution in [0.1, 0.15) is 49.8 Å². The summed E-state index contributed by atoms with van der Waals surface area (Å²) in [5, 5.41) is 5.11. The Morgan fingerprint density at radius 1 is 1.28 bits per heavy atom. The number of carbonyl (C=O) groups is 4. The molecule has 36 heavy (non-hydrogen) atoms. The fourth-order valence-corrected chi connectivity index (χ4v) is 4.26. The number of hydrogen-bond acceptors (Lipinski definition) is 6. The van der Waals surface area contributed by atoms with Crippen molar-refractivity contribution in [1.29, 1.82) is 0 Å². The maximum atomic E-state index is 13.5. The van der Waals surface area contributed by atoms with Gasteiger partial charge in [0.1, 0.15) is 12.6 Å². The minimum Gasteiger partial charge on any atom is -0.363 e. The standard InChI is InChI=1S/C23H28F3N5O5/c1-12(2)9-17(31-16-6-4-3-5-14(16)29-20(31)19(27)33)22(35)30-15(10-13-7-8-28-21(13)34)18(32)11-36-23(24,25)26/h3-6,12-13,15,17H,7-11H2,1-2H3,(H2,27,33)(H,28,34)(H,30,35)/t13-,15-,17-/m0/s1. The number of hydrogen-bond donors (Lipinski definition) is 3. The van der Waals surface area contributed by atoms with Crippen molar-refractivity contribution in [3.8, 4) is 0 Å². The molecule has 1 aliphatic rings. The van der Waals surface area contributed by atoms with Crippen molar-refractivity contribution in [2.75, 3.05) is 13.2 Å². The molecule has 3 rings (SSSR count). The van der Waals surface area contributed by atoms with Gasteiger partial charge in [-0.2, -0.15) is 0 Å². The van der Waals surface area contributed by atoms with Gasteiger partial charge in [-0.3, -0.25) is 23.9 Å². The molecule has 2 aromatic rings. The van der Waals surface area contributed by atoms with E-state index in [0.717, 1.165) is 0 Å². The van der Waals surface area contributed by atoms with Gasteiger partial charge in [-0.1, -0.05) is 26.0 Å². The molecule has 1 saturated heterocycles. The van der Waals surface area contributed by atoms with E-state index in [4.69, 9.17) is 5.73 Å². The Hall–Kier alpha value is -3.48. The summed E-state index contributed by atoms with van der Waals surface area (Å²) in [6, 6.07) is 4.20. The van der Waals surface area contributed by atoms with E-state index >= 15 is 0 Å². The lowest BCUT2D eigenvalue weighted by Gasteiger charge is -2.26. The highest BCUT2D eigenvalue weighted by atomic mass is 19.4. The normalized spacial score (nSPS) is 17.7. The molecule has 1 fully saturated rings. The molecule has 196 valence electrons. The second-order valence-electron chi connectivity index (χ2n) is 9.08. The van der Waals surface area contributed by atoms with Crippen molar-refractivity contribution < 1.29 is 37.1 Å². The number of aromatic nitrogens is 2. The number of imidazole rings is 1. The van der Waals surface area contributed by atoms with Gasteiger partial charge in [0.25, 0.3) is 5.91 Å². The molecule has 0 unspecified atom stereocenters. The minimum atomic E-state index is -5.04. The van der Waals surface area contributed by atoms with E-state index in [1.54, 1.807) is 24.3 Å². The van der Waals surface area contributed by atoms with E-state index in [-0.39, 0.29) is 30.5 Å². The summed E-state index contributed by atoms with van der Waals surface area (Å²) in [7, 11) is 0. The molecular formula is C23H28F3N5O5. The number of nitrogens with zero attached hydrogens (tertiary/aromatic N) is 2. The Kier molecular flexibility index (Phi) is 8.33. The molecule has 0 radical (unpaired) electrons. The van der Waals surface area contributed by atoms with Gasteiger partial charge in [0.2, 0.25) is 17.6 Å². The first-order valence-electron chi connectivity index (χ1n) is 11.5. The van der Waals surface area contributed by atoms with Crippen LogP contribution in [0.2, 0.25) is 0 Å². The number of alkyl halides is 3.